The van der Waals surface area contributed by atoms with E-state index in [0.29, 0.717) is 40.0 Å². The van der Waals surface area contributed by atoms with E-state index in [1.807, 2.05) is 54.5 Å². The van der Waals surface area contributed by atoms with Crippen LogP contribution >= 0.6 is 11.6 Å². The van der Waals surface area contributed by atoms with Gasteiger partial charge in [0.1, 0.15) is 11.5 Å². The maximum Gasteiger partial charge on any atom is 0.338 e. The first-order valence-electron chi connectivity index (χ1n) is 10.8. The molecule has 0 spiro atoms. The SMILES string of the molecule is C=CCc1cc(Oc2c(C)cc(C(=O)OC(C)C)cc2OC(C)C)c(Cl)cc1OC(C)C. The highest BCUT2D eigenvalue weighted by atomic mass is 35.5. The minimum atomic E-state index is -0.412. The first-order chi connectivity index (χ1) is 15.0. The molecule has 0 amide bonds. The molecule has 0 aliphatic rings. The highest BCUT2D eigenvalue weighted by molar-refractivity contribution is 6.32. The lowest BCUT2D eigenvalue weighted by Gasteiger charge is -2.20. The third-order valence-corrected chi connectivity index (χ3v) is 4.53. The number of esters is 1. The van der Waals surface area contributed by atoms with Crippen molar-refractivity contribution < 1.29 is 23.7 Å². The van der Waals surface area contributed by atoms with Crippen LogP contribution in [0.2, 0.25) is 5.02 Å². The van der Waals surface area contributed by atoms with Crippen molar-refractivity contribution in [2.24, 2.45) is 0 Å². The van der Waals surface area contributed by atoms with E-state index in [2.05, 4.69) is 6.58 Å². The lowest BCUT2D eigenvalue weighted by Crippen LogP contribution is -2.13. The van der Waals surface area contributed by atoms with E-state index in [9.17, 15) is 4.79 Å². The van der Waals surface area contributed by atoms with Gasteiger partial charge in [0.05, 0.1) is 28.9 Å². The van der Waals surface area contributed by atoms with Gasteiger partial charge >= 0.3 is 5.97 Å². The Morgan fingerprint density at radius 3 is 2.12 bits per heavy atom. The first kappa shape index (κ1) is 25.6. The zero-order valence-electron chi connectivity index (χ0n) is 20.0. The molecular weight excluding hydrogens is 428 g/mol. The highest BCUT2D eigenvalue weighted by Crippen LogP contribution is 2.41. The number of ether oxygens (including phenoxy) is 4. The minimum absolute atomic E-state index is 0.00725. The van der Waals surface area contributed by atoms with Crippen molar-refractivity contribution in [2.75, 3.05) is 0 Å². The van der Waals surface area contributed by atoms with E-state index in [1.165, 1.54) is 0 Å². The van der Waals surface area contributed by atoms with Crippen LogP contribution in [0.1, 0.15) is 63.0 Å². The molecular formula is C26H33ClO5. The second-order valence-electron chi connectivity index (χ2n) is 8.39. The first-order valence-corrected chi connectivity index (χ1v) is 11.2. The Bertz CT molecular complexity index is 963. The Kier molecular flexibility index (Phi) is 9.02. The summed E-state index contributed by atoms with van der Waals surface area (Å²) in [5.41, 5.74) is 2.04. The molecule has 0 aliphatic heterocycles. The summed E-state index contributed by atoms with van der Waals surface area (Å²) in [6, 6.07) is 6.97. The Balaban J connectivity index is 2.51. The number of carbonyl (C=O) groups excluding carboxylic acids is 1. The van der Waals surface area contributed by atoms with Gasteiger partial charge in [-0.1, -0.05) is 17.7 Å². The Morgan fingerprint density at radius 1 is 0.938 bits per heavy atom. The molecule has 0 radical (unpaired) electrons. The number of aryl methyl sites for hydroxylation is 1. The Hall–Kier alpha value is -2.66. The van der Waals surface area contributed by atoms with Crippen LogP contribution in [0.3, 0.4) is 0 Å². The lowest BCUT2D eigenvalue weighted by atomic mass is 10.1. The summed E-state index contributed by atoms with van der Waals surface area (Å²) >= 11 is 6.54. The molecule has 0 saturated carbocycles. The van der Waals surface area contributed by atoms with Gasteiger partial charge in [-0.25, -0.2) is 4.79 Å². The van der Waals surface area contributed by atoms with Crippen LogP contribution in [0.4, 0.5) is 0 Å². The largest absolute Gasteiger partial charge is 0.491 e. The fraction of sp³-hybridized carbons (Fsp3) is 0.423. The zero-order chi connectivity index (χ0) is 24.0. The predicted molar refractivity (Wildman–Crippen MR) is 129 cm³/mol. The molecule has 0 atom stereocenters. The van der Waals surface area contributed by atoms with Crippen LogP contribution in [-0.4, -0.2) is 24.3 Å². The van der Waals surface area contributed by atoms with E-state index >= 15 is 0 Å². The van der Waals surface area contributed by atoms with Gasteiger partial charge in [0.15, 0.2) is 11.5 Å². The maximum atomic E-state index is 12.4. The summed E-state index contributed by atoms with van der Waals surface area (Å²) in [6.07, 6.45) is 2.06. The van der Waals surface area contributed by atoms with E-state index in [1.54, 1.807) is 24.3 Å². The molecule has 0 heterocycles. The number of hydrogen-bond acceptors (Lipinski definition) is 5. The van der Waals surface area contributed by atoms with Gasteiger partial charge in [0.2, 0.25) is 0 Å². The Morgan fingerprint density at radius 2 is 1.56 bits per heavy atom. The van der Waals surface area contributed by atoms with Crippen LogP contribution in [-0.2, 0) is 11.2 Å². The molecule has 32 heavy (non-hydrogen) atoms. The summed E-state index contributed by atoms with van der Waals surface area (Å²) in [6.45, 7) is 17.0. The molecule has 2 rings (SSSR count). The summed E-state index contributed by atoms with van der Waals surface area (Å²) in [7, 11) is 0. The predicted octanol–water partition coefficient (Wildman–Crippen LogP) is 7.31. The summed E-state index contributed by atoms with van der Waals surface area (Å²) in [5.74, 6) is 1.68. The standard InChI is InChI=1S/C26H33ClO5/c1-9-10-19-12-23(21(27)14-22(19)29-15(2)3)32-25-18(8)11-20(26(28)31-17(6)7)13-24(25)30-16(4)5/h9,11-17H,1,10H2,2-8H3. The number of rotatable bonds is 10. The second-order valence-corrected chi connectivity index (χ2v) is 8.80. The normalized spacial score (nSPS) is 11.1. The molecule has 174 valence electrons. The molecule has 0 saturated heterocycles. The monoisotopic (exact) mass is 460 g/mol. The summed E-state index contributed by atoms with van der Waals surface area (Å²) in [5, 5.41) is 0.409. The van der Waals surface area contributed by atoms with Gasteiger partial charge in [-0.3, -0.25) is 0 Å². The van der Waals surface area contributed by atoms with Gasteiger partial charge in [0, 0.05) is 11.6 Å². The highest BCUT2D eigenvalue weighted by Gasteiger charge is 2.20. The van der Waals surface area contributed by atoms with Crippen molar-refractivity contribution in [1.29, 1.82) is 0 Å². The number of carbonyl (C=O) groups is 1. The van der Waals surface area contributed by atoms with Crippen molar-refractivity contribution in [3.63, 3.8) is 0 Å². The van der Waals surface area contributed by atoms with Crippen molar-refractivity contribution in [1.82, 2.24) is 0 Å². The van der Waals surface area contributed by atoms with Crippen molar-refractivity contribution >= 4 is 17.6 Å². The average molecular weight is 461 g/mol. The molecule has 0 unspecified atom stereocenters. The summed E-state index contributed by atoms with van der Waals surface area (Å²) < 4.78 is 23.4. The molecule has 0 bridgehead atoms. The lowest BCUT2D eigenvalue weighted by molar-refractivity contribution is 0.0377. The third-order valence-electron chi connectivity index (χ3n) is 4.24. The van der Waals surface area contributed by atoms with Gasteiger partial charge in [-0.05, 0) is 78.6 Å². The molecule has 2 aromatic rings. The molecule has 5 nitrogen and oxygen atoms in total. The third kappa shape index (κ3) is 6.92. The fourth-order valence-electron chi connectivity index (χ4n) is 3.06. The Labute approximate surface area is 196 Å². The topological polar surface area (TPSA) is 54.0 Å². The smallest absolute Gasteiger partial charge is 0.338 e. The van der Waals surface area contributed by atoms with Crippen LogP contribution in [0.25, 0.3) is 0 Å². The van der Waals surface area contributed by atoms with Gasteiger partial charge in [-0.15, -0.1) is 6.58 Å². The van der Waals surface area contributed by atoms with Crippen LogP contribution < -0.4 is 14.2 Å². The molecule has 0 N–H and O–H groups in total. The van der Waals surface area contributed by atoms with E-state index in [4.69, 9.17) is 30.5 Å². The van der Waals surface area contributed by atoms with Crippen LogP contribution in [0.5, 0.6) is 23.0 Å². The fourth-order valence-corrected chi connectivity index (χ4v) is 3.25. The van der Waals surface area contributed by atoms with Gasteiger partial charge in [-0.2, -0.15) is 0 Å². The van der Waals surface area contributed by atoms with Crippen molar-refractivity contribution in [3.05, 3.63) is 58.6 Å². The maximum absolute atomic E-state index is 12.4. The number of benzene rings is 2. The zero-order valence-corrected chi connectivity index (χ0v) is 20.7. The van der Waals surface area contributed by atoms with Crippen LogP contribution in [0, 0.1) is 6.92 Å². The molecule has 0 aliphatic carbocycles. The molecule has 2 aromatic carbocycles. The number of hydrogen-bond donors (Lipinski definition) is 0. The molecule has 6 heteroatoms. The van der Waals surface area contributed by atoms with Crippen LogP contribution in [0.15, 0.2) is 36.9 Å². The van der Waals surface area contributed by atoms with Crippen molar-refractivity contribution in [2.45, 2.75) is 73.2 Å². The number of allylic oxidation sites excluding steroid dienone is 1. The van der Waals surface area contributed by atoms with E-state index in [-0.39, 0.29) is 18.3 Å². The van der Waals surface area contributed by atoms with Crippen molar-refractivity contribution in [3.8, 4) is 23.0 Å². The van der Waals surface area contributed by atoms with Gasteiger partial charge in [0.25, 0.3) is 0 Å². The molecule has 0 aromatic heterocycles. The van der Waals surface area contributed by atoms with Gasteiger partial charge < -0.3 is 18.9 Å². The minimum Gasteiger partial charge on any atom is -0.491 e. The second kappa shape index (κ2) is 11.3. The molecule has 0 fully saturated rings. The van der Waals surface area contributed by atoms with E-state index < -0.39 is 5.97 Å². The quantitative estimate of drug-likeness (QED) is 0.275. The van der Waals surface area contributed by atoms with E-state index in [0.717, 1.165) is 11.1 Å². The average Bonchev–Trinajstić information content (AvgIpc) is 2.66. The number of halogens is 1. The summed E-state index contributed by atoms with van der Waals surface area (Å²) in [4.78, 5) is 12.4.